The highest BCUT2D eigenvalue weighted by atomic mass is 16.6. The number of nitrogens with zero attached hydrogens (tertiary/aromatic N) is 3. The van der Waals surface area contributed by atoms with Gasteiger partial charge in [-0.2, -0.15) is 0 Å². The maximum absolute atomic E-state index is 12.7. The third kappa shape index (κ3) is 3.20. The molecule has 0 aromatic heterocycles. The number of aryl methyl sites for hydroxylation is 1. The number of amides is 1. The van der Waals surface area contributed by atoms with Crippen LogP contribution in [0.1, 0.15) is 15.9 Å². The number of nitro groups is 1. The van der Waals surface area contributed by atoms with Gasteiger partial charge >= 0.3 is 0 Å². The number of benzene rings is 1. The molecule has 0 radical (unpaired) electrons. The van der Waals surface area contributed by atoms with Gasteiger partial charge in [-0.25, -0.2) is 0 Å². The maximum Gasteiger partial charge on any atom is 0.269 e. The first-order chi connectivity index (χ1) is 9.93. The highest BCUT2D eigenvalue weighted by molar-refractivity contribution is 5.96. The van der Waals surface area contributed by atoms with E-state index in [9.17, 15) is 14.9 Å². The summed E-state index contributed by atoms with van der Waals surface area (Å²) in [5.74, 6) is -0.106. The molecule has 2 rings (SSSR count). The van der Waals surface area contributed by atoms with Crippen molar-refractivity contribution in [2.24, 2.45) is 5.73 Å². The summed E-state index contributed by atoms with van der Waals surface area (Å²) in [7, 11) is 2.00. The summed E-state index contributed by atoms with van der Waals surface area (Å²) in [6.07, 6.45) is 0. The highest BCUT2D eigenvalue weighted by Gasteiger charge is 2.29. The molecule has 0 bridgehead atoms. The molecule has 114 valence electrons. The number of nitro benzene ring substituents is 1. The maximum atomic E-state index is 12.7. The molecule has 21 heavy (non-hydrogen) atoms. The minimum Gasteiger partial charge on any atom is -0.332 e. The van der Waals surface area contributed by atoms with Crippen LogP contribution in [0.3, 0.4) is 0 Å². The van der Waals surface area contributed by atoms with E-state index in [1.807, 2.05) is 7.05 Å². The Morgan fingerprint density at radius 2 is 2.19 bits per heavy atom. The fourth-order valence-corrected chi connectivity index (χ4v) is 2.64. The van der Waals surface area contributed by atoms with Gasteiger partial charge in [0.05, 0.1) is 11.0 Å². The van der Waals surface area contributed by atoms with Crippen LogP contribution in [-0.4, -0.2) is 59.9 Å². The van der Waals surface area contributed by atoms with Crippen molar-refractivity contribution in [2.45, 2.75) is 13.0 Å². The number of hydrogen-bond donors (Lipinski definition) is 1. The third-order valence-electron chi connectivity index (χ3n) is 3.87. The first-order valence-corrected chi connectivity index (χ1v) is 6.88. The molecule has 1 atom stereocenters. The van der Waals surface area contributed by atoms with E-state index in [-0.39, 0.29) is 17.6 Å². The molecule has 7 nitrogen and oxygen atoms in total. The normalized spacial score (nSPS) is 19.6. The number of rotatable bonds is 3. The molecule has 0 aliphatic carbocycles. The van der Waals surface area contributed by atoms with Crippen LogP contribution in [0.5, 0.6) is 0 Å². The second-order valence-corrected chi connectivity index (χ2v) is 5.41. The molecular weight excluding hydrogens is 272 g/mol. The third-order valence-corrected chi connectivity index (χ3v) is 3.87. The van der Waals surface area contributed by atoms with Crippen molar-refractivity contribution in [2.75, 3.05) is 33.2 Å². The topological polar surface area (TPSA) is 92.7 Å². The molecule has 1 amide bonds. The average Bonchev–Trinajstić information content (AvgIpc) is 2.46. The first-order valence-electron chi connectivity index (χ1n) is 6.88. The Hall–Kier alpha value is -1.99. The summed E-state index contributed by atoms with van der Waals surface area (Å²) in [5.41, 5.74) is 6.88. The van der Waals surface area contributed by atoms with Crippen molar-refractivity contribution in [1.82, 2.24) is 9.80 Å². The fraction of sp³-hybridized carbons (Fsp3) is 0.500. The molecule has 1 unspecified atom stereocenters. The quantitative estimate of drug-likeness (QED) is 0.651. The zero-order valence-corrected chi connectivity index (χ0v) is 12.3. The van der Waals surface area contributed by atoms with Crippen LogP contribution in [-0.2, 0) is 0 Å². The van der Waals surface area contributed by atoms with Gasteiger partial charge in [0.1, 0.15) is 0 Å². The number of carbonyl (C=O) groups is 1. The van der Waals surface area contributed by atoms with E-state index in [1.54, 1.807) is 11.8 Å². The molecule has 1 aromatic carbocycles. The minimum absolute atomic E-state index is 0.00203. The molecule has 7 heteroatoms. The number of nitrogens with two attached hydrogens (primary N) is 1. The van der Waals surface area contributed by atoms with Crippen LogP contribution in [0.25, 0.3) is 0 Å². The lowest BCUT2D eigenvalue weighted by Gasteiger charge is -2.39. The van der Waals surface area contributed by atoms with Gasteiger partial charge in [0.15, 0.2) is 0 Å². The number of piperazine rings is 1. The van der Waals surface area contributed by atoms with Gasteiger partial charge in [-0.3, -0.25) is 14.9 Å². The summed E-state index contributed by atoms with van der Waals surface area (Å²) in [6, 6.07) is 4.31. The van der Waals surface area contributed by atoms with Crippen LogP contribution in [0.15, 0.2) is 18.2 Å². The first kappa shape index (κ1) is 15.4. The number of carbonyl (C=O) groups excluding carboxylic acids is 1. The minimum atomic E-state index is -0.459. The van der Waals surface area contributed by atoms with Crippen molar-refractivity contribution in [3.63, 3.8) is 0 Å². The van der Waals surface area contributed by atoms with Crippen molar-refractivity contribution in [1.29, 1.82) is 0 Å². The van der Waals surface area contributed by atoms with E-state index in [2.05, 4.69) is 4.90 Å². The van der Waals surface area contributed by atoms with Gasteiger partial charge in [0, 0.05) is 43.9 Å². The van der Waals surface area contributed by atoms with Crippen molar-refractivity contribution >= 4 is 11.6 Å². The van der Waals surface area contributed by atoms with E-state index in [0.29, 0.717) is 24.2 Å². The lowest BCUT2D eigenvalue weighted by molar-refractivity contribution is -0.384. The molecule has 1 aliphatic rings. The molecule has 0 spiro atoms. The molecule has 0 saturated carbocycles. The Morgan fingerprint density at radius 1 is 1.48 bits per heavy atom. The predicted molar refractivity (Wildman–Crippen MR) is 79.2 cm³/mol. The molecule has 1 heterocycles. The van der Waals surface area contributed by atoms with Crippen molar-refractivity contribution < 1.29 is 9.72 Å². The van der Waals surface area contributed by atoms with Crippen LogP contribution >= 0.6 is 0 Å². The average molecular weight is 292 g/mol. The second-order valence-electron chi connectivity index (χ2n) is 5.41. The van der Waals surface area contributed by atoms with Gasteiger partial charge in [0.25, 0.3) is 11.6 Å². The zero-order valence-electron chi connectivity index (χ0n) is 12.3. The Kier molecular flexibility index (Phi) is 4.54. The number of non-ortho nitro benzene ring substituents is 1. The van der Waals surface area contributed by atoms with Gasteiger partial charge < -0.3 is 15.5 Å². The number of hydrogen-bond acceptors (Lipinski definition) is 5. The summed E-state index contributed by atoms with van der Waals surface area (Å²) < 4.78 is 0. The molecular formula is C14H20N4O3. The molecule has 1 fully saturated rings. The Bertz CT molecular complexity index is 561. The van der Waals surface area contributed by atoms with E-state index < -0.39 is 4.92 Å². The second kappa shape index (κ2) is 6.19. The van der Waals surface area contributed by atoms with Crippen molar-refractivity contribution in [3.8, 4) is 0 Å². The van der Waals surface area contributed by atoms with Crippen LogP contribution in [0.2, 0.25) is 0 Å². The van der Waals surface area contributed by atoms with E-state index in [1.165, 1.54) is 18.2 Å². The summed E-state index contributed by atoms with van der Waals surface area (Å²) in [6.45, 7) is 4.28. The number of likely N-dealkylation sites (N-methyl/N-ethyl adjacent to an activating group) is 1. The van der Waals surface area contributed by atoms with E-state index in [4.69, 9.17) is 5.73 Å². The molecule has 2 N–H and O–H groups in total. The van der Waals surface area contributed by atoms with E-state index >= 15 is 0 Å². The van der Waals surface area contributed by atoms with Gasteiger partial charge in [-0.05, 0) is 25.6 Å². The monoisotopic (exact) mass is 292 g/mol. The largest absolute Gasteiger partial charge is 0.332 e. The van der Waals surface area contributed by atoms with Crippen molar-refractivity contribution in [3.05, 3.63) is 39.4 Å². The smallest absolute Gasteiger partial charge is 0.269 e. The van der Waals surface area contributed by atoms with Crippen LogP contribution < -0.4 is 5.73 Å². The Balaban J connectivity index is 2.25. The van der Waals surface area contributed by atoms with Gasteiger partial charge in [0.2, 0.25) is 0 Å². The lowest BCUT2D eigenvalue weighted by Crippen LogP contribution is -2.56. The zero-order chi connectivity index (χ0) is 15.6. The fourth-order valence-electron chi connectivity index (χ4n) is 2.64. The van der Waals surface area contributed by atoms with Crippen LogP contribution in [0.4, 0.5) is 5.69 Å². The molecule has 1 saturated heterocycles. The SMILES string of the molecule is Cc1cc([N+](=O)[O-])ccc1C(=O)N1CCN(C)CC1CN. The molecule has 1 aliphatic heterocycles. The lowest BCUT2D eigenvalue weighted by atomic mass is 10.0. The van der Waals surface area contributed by atoms with E-state index in [0.717, 1.165) is 13.1 Å². The van der Waals surface area contributed by atoms with Gasteiger partial charge in [-0.15, -0.1) is 0 Å². The molecule has 1 aromatic rings. The van der Waals surface area contributed by atoms with Gasteiger partial charge in [-0.1, -0.05) is 0 Å². The summed E-state index contributed by atoms with van der Waals surface area (Å²) in [4.78, 5) is 26.9. The predicted octanol–water partition coefficient (Wildman–Crippen LogP) is 0.618. The Labute approximate surface area is 123 Å². The standard InChI is InChI=1S/C14H20N4O3/c1-10-7-11(18(20)21)3-4-13(10)14(19)17-6-5-16(2)9-12(17)8-15/h3-4,7,12H,5-6,8-9,15H2,1-2H3. The van der Waals surface area contributed by atoms with Crippen LogP contribution in [0, 0.1) is 17.0 Å². The summed E-state index contributed by atoms with van der Waals surface area (Å²) in [5, 5.41) is 10.8. The summed E-state index contributed by atoms with van der Waals surface area (Å²) >= 11 is 0. The Morgan fingerprint density at radius 3 is 2.76 bits per heavy atom. The highest BCUT2D eigenvalue weighted by Crippen LogP contribution is 2.20.